The molecule has 27 heavy (non-hydrogen) atoms. The van der Waals surface area contributed by atoms with E-state index in [-0.39, 0.29) is 19.5 Å². The van der Waals surface area contributed by atoms with Crippen LogP contribution in [-0.2, 0) is 26.5 Å². The molecule has 0 saturated heterocycles. The van der Waals surface area contributed by atoms with Crippen LogP contribution in [0, 0.1) is 19.9 Å². The van der Waals surface area contributed by atoms with E-state index in [1.165, 1.54) is 27.8 Å². The number of aromatic nitrogens is 3. The number of benzene rings is 3. The summed E-state index contributed by atoms with van der Waals surface area (Å²) in [7, 11) is 1.98. The van der Waals surface area contributed by atoms with Gasteiger partial charge in [0.1, 0.15) is 7.05 Å². The quantitative estimate of drug-likeness (QED) is 0.261. The predicted octanol–water partition coefficient (Wildman–Crippen LogP) is 4.45. The Bertz CT molecular complexity index is 1030. The first-order valence-electron chi connectivity index (χ1n) is 8.73. The van der Waals surface area contributed by atoms with E-state index >= 15 is 0 Å². The molecule has 0 aliphatic rings. The second-order valence-corrected chi connectivity index (χ2v) is 6.57. The third kappa shape index (κ3) is 3.77. The summed E-state index contributed by atoms with van der Waals surface area (Å²) in [5.74, 6) is 0. The fourth-order valence-corrected chi connectivity index (χ4v) is 3.45. The normalized spacial score (nSPS) is 10.5. The molecule has 0 spiro atoms. The molecule has 1 heterocycles. The monoisotopic (exact) mass is 442 g/mol. The number of para-hydroxylation sites is 1. The van der Waals surface area contributed by atoms with Gasteiger partial charge >= 0.3 is 0 Å². The fourth-order valence-electron chi connectivity index (χ4n) is 3.45. The van der Waals surface area contributed by atoms with Gasteiger partial charge in [-0.15, -0.1) is 21.5 Å². The predicted molar refractivity (Wildman–Crippen MR) is 104 cm³/mol. The van der Waals surface area contributed by atoms with Gasteiger partial charge < -0.3 is 0 Å². The third-order valence-electron chi connectivity index (χ3n) is 4.66. The molecule has 0 saturated carbocycles. The Morgan fingerprint density at radius 2 is 1.56 bits per heavy atom. The van der Waals surface area contributed by atoms with E-state index in [9.17, 15) is 0 Å². The zero-order valence-corrected chi connectivity index (χ0v) is 17.2. The topological polar surface area (TPSA) is 21.7 Å². The van der Waals surface area contributed by atoms with Crippen LogP contribution < -0.4 is 4.68 Å². The number of rotatable bonds is 3. The van der Waals surface area contributed by atoms with E-state index in [1.54, 1.807) is 0 Å². The van der Waals surface area contributed by atoms with Gasteiger partial charge in [0.05, 0.1) is 5.21 Å². The molecule has 1 radical (unpaired) electrons. The third-order valence-corrected chi connectivity index (χ3v) is 4.66. The maximum atomic E-state index is 4.62. The van der Waals surface area contributed by atoms with E-state index in [4.69, 9.17) is 0 Å². The number of nitrogens with zero attached hydrogens (tertiary/aromatic N) is 3. The summed E-state index contributed by atoms with van der Waals surface area (Å²) < 4.78 is 3.80. The maximum absolute atomic E-state index is 4.62. The summed E-state index contributed by atoms with van der Waals surface area (Å²) in [6.45, 7) is 4.33. The van der Waals surface area contributed by atoms with Gasteiger partial charge in [-0.1, -0.05) is 42.5 Å². The Morgan fingerprint density at radius 1 is 0.889 bits per heavy atom. The summed E-state index contributed by atoms with van der Waals surface area (Å²) in [6, 6.07) is 26.1. The van der Waals surface area contributed by atoms with Crippen LogP contribution in [0.25, 0.3) is 28.1 Å². The van der Waals surface area contributed by atoms with Crippen molar-refractivity contribution in [2.75, 3.05) is 0 Å². The van der Waals surface area contributed by atoms with Crippen LogP contribution in [0.4, 0.5) is 0 Å². The molecule has 1 aromatic heterocycles. The number of hydrogen-bond donors (Lipinski definition) is 0. The maximum Gasteiger partial charge on any atom is 0.198 e. The molecule has 0 N–H and O–H groups in total. The van der Waals surface area contributed by atoms with Crippen LogP contribution >= 0.6 is 0 Å². The van der Waals surface area contributed by atoms with Gasteiger partial charge in [0.15, 0.2) is 11.9 Å². The first kappa shape index (κ1) is 19.2. The molecular weight excluding hydrogens is 421 g/mol. The zero-order chi connectivity index (χ0) is 18.1. The standard InChI is InChI=1S/C23H21N3.Rh/c1-17-14-20(19-10-6-4-7-11-19)15-18(2)23(17)22-16-26(24-25(22)3)21-12-8-5-9-13-21;/h4-12,14-16H,1-3H3;. The Kier molecular flexibility index (Phi) is 5.67. The molecule has 3 nitrogen and oxygen atoms in total. The Hall–Kier alpha value is -2.58. The van der Waals surface area contributed by atoms with Crippen LogP contribution in [0.5, 0.6) is 0 Å². The van der Waals surface area contributed by atoms with Crippen molar-refractivity contribution in [1.82, 2.24) is 9.90 Å². The van der Waals surface area contributed by atoms with Gasteiger partial charge in [-0.25, -0.2) is 0 Å². The molecule has 0 aliphatic heterocycles. The molecule has 0 bridgehead atoms. The summed E-state index contributed by atoms with van der Waals surface area (Å²) in [5.41, 5.74) is 8.24. The van der Waals surface area contributed by atoms with E-state index in [1.807, 2.05) is 46.7 Å². The SMILES string of the molecule is Cc1cc(-c2ccccc2)cc(C)c1-c1c[n+](-c2[c-]cccc2)nn1C.[Rh]. The van der Waals surface area contributed by atoms with E-state index < -0.39 is 0 Å². The molecule has 4 rings (SSSR count). The van der Waals surface area contributed by atoms with Crippen molar-refractivity contribution in [3.8, 4) is 28.1 Å². The molecule has 0 aliphatic carbocycles. The minimum Gasteiger partial charge on any atom is -0.173 e. The fraction of sp³-hybridized carbons (Fsp3) is 0.130. The number of hydrogen-bond acceptors (Lipinski definition) is 1. The van der Waals surface area contributed by atoms with Crippen LogP contribution in [0.2, 0.25) is 0 Å². The van der Waals surface area contributed by atoms with Crippen molar-refractivity contribution >= 4 is 0 Å². The average molecular weight is 442 g/mol. The summed E-state index contributed by atoms with van der Waals surface area (Å²) in [4.78, 5) is 0. The first-order valence-corrected chi connectivity index (χ1v) is 8.73. The van der Waals surface area contributed by atoms with E-state index in [2.05, 4.69) is 67.7 Å². The Labute approximate surface area is 173 Å². The number of aryl methyl sites for hydroxylation is 3. The van der Waals surface area contributed by atoms with Crippen LogP contribution in [0.3, 0.4) is 0 Å². The smallest absolute Gasteiger partial charge is 0.173 e. The van der Waals surface area contributed by atoms with Crippen LogP contribution in [-0.4, -0.2) is 9.90 Å². The summed E-state index contributed by atoms with van der Waals surface area (Å²) in [6.07, 6.45) is 2.07. The molecule has 0 amide bonds. The van der Waals surface area contributed by atoms with Gasteiger partial charge in [-0.05, 0) is 36.1 Å². The largest absolute Gasteiger partial charge is 0.198 e. The van der Waals surface area contributed by atoms with Gasteiger partial charge in [0, 0.05) is 30.7 Å². The molecule has 0 fully saturated rings. The second-order valence-electron chi connectivity index (χ2n) is 6.57. The second kappa shape index (κ2) is 7.98. The van der Waals surface area contributed by atoms with Gasteiger partial charge in [0.2, 0.25) is 0 Å². The molecule has 137 valence electrons. The average Bonchev–Trinajstić information content (AvgIpc) is 3.04. The van der Waals surface area contributed by atoms with Crippen molar-refractivity contribution in [3.63, 3.8) is 0 Å². The Balaban J connectivity index is 0.00000210. The van der Waals surface area contributed by atoms with Gasteiger partial charge in [-0.2, -0.15) is 18.2 Å². The van der Waals surface area contributed by atoms with Crippen molar-refractivity contribution < 1.29 is 24.2 Å². The molecule has 3 aromatic carbocycles. The van der Waals surface area contributed by atoms with E-state index in [0.29, 0.717) is 0 Å². The molecule has 4 aromatic rings. The minimum absolute atomic E-state index is 0. The van der Waals surface area contributed by atoms with Crippen LogP contribution in [0.1, 0.15) is 11.1 Å². The first-order chi connectivity index (χ1) is 12.6. The van der Waals surface area contributed by atoms with Gasteiger partial charge in [0.25, 0.3) is 0 Å². The molecule has 0 unspecified atom stereocenters. The Morgan fingerprint density at radius 3 is 2.19 bits per heavy atom. The van der Waals surface area contributed by atoms with Crippen LogP contribution in [0.15, 0.2) is 72.9 Å². The van der Waals surface area contributed by atoms with Gasteiger partial charge in [-0.3, -0.25) is 0 Å². The minimum atomic E-state index is 0. The van der Waals surface area contributed by atoms with Crippen molar-refractivity contribution in [3.05, 3.63) is 90.1 Å². The molecule has 4 heteroatoms. The summed E-state index contributed by atoms with van der Waals surface area (Å²) >= 11 is 0. The molecular formula is C23H21N3Rh. The van der Waals surface area contributed by atoms with Crippen molar-refractivity contribution in [1.29, 1.82) is 0 Å². The van der Waals surface area contributed by atoms with E-state index in [0.717, 1.165) is 11.4 Å². The molecule has 0 atom stereocenters. The summed E-state index contributed by atoms with van der Waals surface area (Å²) in [5, 5.41) is 4.62. The van der Waals surface area contributed by atoms with Crippen molar-refractivity contribution in [2.24, 2.45) is 7.05 Å². The van der Waals surface area contributed by atoms with Crippen molar-refractivity contribution in [2.45, 2.75) is 13.8 Å². The zero-order valence-electron chi connectivity index (χ0n) is 15.6.